The van der Waals surface area contributed by atoms with Crippen molar-refractivity contribution in [3.05, 3.63) is 47.0 Å². The fourth-order valence-electron chi connectivity index (χ4n) is 2.93. The van der Waals surface area contributed by atoms with Crippen molar-refractivity contribution in [3.63, 3.8) is 0 Å². The van der Waals surface area contributed by atoms with Gasteiger partial charge in [-0.1, -0.05) is 17.7 Å². The number of amides is 1. The number of carbonyl (C=O) groups excluding carboxylic acids is 1. The van der Waals surface area contributed by atoms with Crippen molar-refractivity contribution in [1.82, 2.24) is 0 Å². The largest absolute Gasteiger partial charge is 0.493 e. The first-order valence-electron chi connectivity index (χ1n) is 8.50. The molecule has 0 fully saturated rings. The molecule has 0 aliphatic carbocycles. The van der Waals surface area contributed by atoms with Gasteiger partial charge in [-0.2, -0.15) is 0 Å². The van der Waals surface area contributed by atoms with E-state index >= 15 is 0 Å². The van der Waals surface area contributed by atoms with Gasteiger partial charge in [-0.15, -0.1) is 0 Å². The molecule has 1 N–H and O–H groups in total. The van der Waals surface area contributed by atoms with Gasteiger partial charge in [0.25, 0.3) is 0 Å². The molecule has 0 bridgehead atoms. The zero-order valence-electron chi connectivity index (χ0n) is 16.3. The highest BCUT2D eigenvalue weighted by atomic mass is 32.2. The molecule has 146 valence electrons. The van der Waals surface area contributed by atoms with Gasteiger partial charge in [0.2, 0.25) is 5.91 Å². The normalized spacial score (nSPS) is 11.1. The zero-order chi connectivity index (χ0) is 20.2. The molecule has 0 saturated heterocycles. The van der Waals surface area contributed by atoms with Crippen molar-refractivity contribution in [2.45, 2.75) is 32.1 Å². The fourth-order valence-corrected chi connectivity index (χ4v) is 4.19. The Hall–Kier alpha value is -2.54. The lowest BCUT2D eigenvalue weighted by Gasteiger charge is -2.13. The van der Waals surface area contributed by atoms with Crippen LogP contribution in [-0.4, -0.2) is 34.3 Å². The van der Waals surface area contributed by atoms with Crippen molar-refractivity contribution < 1.29 is 22.7 Å². The summed E-state index contributed by atoms with van der Waals surface area (Å²) in [6, 6.07) is 8.33. The number of hydrogen-bond acceptors (Lipinski definition) is 5. The van der Waals surface area contributed by atoms with Crippen molar-refractivity contribution in [2.75, 3.05) is 25.3 Å². The van der Waals surface area contributed by atoms with E-state index in [2.05, 4.69) is 5.32 Å². The predicted molar refractivity (Wildman–Crippen MR) is 105 cm³/mol. The van der Waals surface area contributed by atoms with Crippen LogP contribution in [0.5, 0.6) is 11.5 Å². The van der Waals surface area contributed by atoms with Crippen LogP contribution in [0.2, 0.25) is 0 Å². The maximum atomic E-state index is 12.6. The molecule has 27 heavy (non-hydrogen) atoms. The van der Waals surface area contributed by atoms with Crippen molar-refractivity contribution in [2.24, 2.45) is 0 Å². The molecule has 0 aromatic heterocycles. The summed E-state index contributed by atoms with van der Waals surface area (Å²) in [6.07, 6.45) is -0.135. The first-order valence-corrected chi connectivity index (χ1v) is 10.2. The highest BCUT2D eigenvalue weighted by molar-refractivity contribution is 7.91. The average molecular weight is 391 g/mol. The second-order valence-corrected chi connectivity index (χ2v) is 8.52. The molecule has 1 amide bonds. The van der Waals surface area contributed by atoms with Crippen molar-refractivity contribution >= 4 is 21.4 Å². The minimum atomic E-state index is -3.63. The van der Waals surface area contributed by atoms with Gasteiger partial charge in [0.05, 0.1) is 24.9 Å². The summed E-state index contributed by atoms with van der Waals surface area (Å²) >= 11 is 0. The summed E-state index contributed by atoms with van der Waals surface area (Å²) in [5.74, 6) is 0.140. The third-order valence-electron chi connectivity index (χ3n) is 4.25. The molecule has 0 aliphatic rings. The van der Waals surface area contributed by atoms with Gasteiger partial charge >= 0.3 is 0 Å². The number of ether oxygens (including phenoxy) is 2. The monoisotopic (exact) mass is 391 g/mol. The van der Waals surface area contributed by atoms with Gasteiger partial charge in [0.1, 0.15) is 0 Å². The van der Waals surface area contributed by atoms with E-state index in [1.807, 2.05) is 32.9 Å². The highest BCUT2D eigenvalue weighted by Gasteiger charge is 2.19. The van der Waals surface area contributed by atoms with Crippen LogP contribution in [0.1, 0.15) is 23.1 Å². The van der Waals surface area contributed by atoms with Gasteiger partial charge in [-0.05, 0) is 44.0 Å². The lowest BCUT2D eigenvalue weighted by molar-refractivity contribution is -0.115. The van der Waals surface area contributed by atoms with E-state index in [4.69, 9.17) is 9.47 Å². The number of benzene rings is 2. The lowest BCUT2D eigenvalue weighted by Crippen LogP contribution is -2.18. The lowest BCUT2D eigenvalue weighted by atomic mass is 10.1. The molecule has 0 saturated carbocycles. The number of sulfone groups is 1. The topological polar surface area (TPSA) is 81.7 Å². The minimum Gasteiger partial charge on any atom is -0.493 e. The Morgan fingerprint density at radius 1 is 0.963 bits per heavy atom. The van der Waals surface area contributed by atoms with E-state index in [1.165, 1.54) is 32.4 Å². The second kappa shape index (κ2) is 8.43. The average Bonchev–Trinajstić information content (AvgIpc) is 2.62. The van der Waals surface area contributed by atoms with E-state index in [-0.39, 0.29) is 23.0 Å². The zero-order valence-corrected chi connectivity index (χ0v) is 17.1. The van der Waals surface area contributed by atoms with Crippen LogP contribution in [-0.2, 0) is 14.6 Å². The summed E-state index contributed by atoms with van der Waals surface area (Å²) in [7, 11) is -0.713. The highest BCUT2D eigenvalue weighted by Crippen LogP contribution is 2.30. The molecule has 2 aromatic carbocycles. The van der Waals surface area contributed by atoms with Crippen LogP contribution in [0.3, 0.4) is 0 Å². The molecule has 0 unspecified atom stereocenters. The molecular formula is C20H25NO5S. The van der Waals surface area contributed by atoms with Gasteiger partial charge in [0, 0.05) is 18.2 Å². The van der Waals surface area contributed by atoms with E-state index in [9.17, 15) is 13.2 Å². The van der Waals surface area contributed by atoms with Crippen LogP contribution in [0, 0.1) is 20.8 Å². The smallest absolute Gasteiger partial charge is 0.225 e. The molecule has 6 nitrogen and oxygen atoms in total. The molecule has 0 radical (unpaired) electrons. The molecule has 7 heteroatoms. The summed E-state index contributed by atoms with van der Waals surface area (Å²) in [6.45, 7) is 5.81. The summed E-state index contributed by atoms with van der Waals surface area (Å²) in [4.78, 5) is 12.4. The minimum absolute atomic E-state index is 0.0932. The number of rotatable bonds is 7. The Bertz CT molecular complexity index is 928. The number of hydrogen-bond donors (Lipinski definition) is 1. The van der Waals surface area contributed by atoms with E-state index in [1.54, 1.807) is 0 Å². The second-order valence-electron chi connectivity index (χ2n) is 6.41. The molecule has 0 atom stereocenters. The Morgan fingerprint density at radius 2 is 1.56 bits per heavy atom. The van der Waals surface area contributed by atoms with E-state index in [0.29, 0.717) is 11.5 Å². The quantitative estimate of drug-likeness (QED) is 0.782. The molecule has 0 heterocycles. The molecular weight excluding hydrogens is 366 g/mol. The third-order valence-corrected chi connectivity index (χ3v) is 5.97. The van der Waals surface area contributed by atoms with Gasteiger partial charge < -0.3 is 14.8 Å². The van der Waals surface area contributed by atoms with Crippen LogP contribution in [0.15, 0.2) is 35.2 Å². The Labute approximate surface area is 160 Å². The van der Waals surface area contributed by atoms with Gasteiger partial charge in [0.15, 0.2) is 21.3 Å². The Morgan fingerprint density at radius 3 is 2.11 bits per heavy atom. The number of anilines is 1. The van der Waals surface area contributed by atoms with Crippen LogP contribution < -0.4 is 14.8 Å². The SMILES string of the molecule is COc1ccc(S(=O)(=O)CCC(=O)Nc2c(C)cc(C)cc2C)cc1OC. The molecule has 2 rings (SSSR count). The van der Waals surface area contributed by atoms with Gasteiger partial charge in [-0.25, -0.2) is 8.42 Å². The number of methoxy groups -OCH3 is 2. The summed E-state index contributed by atoms with van der Waals surface area (Å²) in [5.41, 5.74) is 3.74. The maximum absolute atomic E-state index is 12.6. The van der Waals surface area contributed by atoms with Crippen LogP contribution in [0.4, 0.5) is 5.69 Å². The first kappa shape index (κ1) is 20.8. The van der Waals surface area contributed by atoms with Crippen LogP contribution >= 0.6 is 0 Å². The Kier molecular flexibility index (Phi) is 6.49. The maximum Gasteiger partial charge on any atom is 0.225 e. The number of nitrogens with one attached hydrogen (secondary N) is 1. The number of carbonyl (C=O) groups is 1. The predicted octanol–water partition coefficient (Wildman–Crippen LogP) is 3.43. The van der Waals surface area contributed by atoms with Crippen molar-refractivity contribution in [3.8, 4) is 11.5 Å². The third kappa shape index (κ3) is 5.01. The number of aryl methyl sites for hydroxylation is 3. The van der Waals surface area contributed by atoms with E-state index in [0.717, 1.165) is 22.4 Å². The summed E-state index contributed by atoms with van der Waals surface area (Å²) in [5, 5.41) is 2.82. The van der Waals surface area contributed by atoms with Gasteiger partial charge in [-0.3, -0.25) is 4.79 Å². The van der Waals surface area contributed by atoms with Crippen molar-refractivity contribution in [1.29, 1.82) is 0 Å². The summed E-state index contributed by atoms with van der Waals surface area (Å²) < 4.78 is 35.4. The molecule has 2 aromatic rings. The fraction of sp³-hybridized carbons (Fsp3) is 0.350. The standard InChI is InChI=1S/C20H25NO5S/c1-13-10-14(2)20(15(3)11-13)21-19(22)8-9-27(23,24)16-6-7-17(25-4)18(12-16)26-5/h6-7,10-12H,8-9H2,1-5H3,(H,21,22). The van der Waals surface area contributed by atoms with E-state index < -0.39 is 9.84 Å². The Balaban J connectivity index is 2.10. The van der Waals surface area contributed by atoms with Crippen LogP contribution in [0.25, 0.3) is 0 Å². The molecule has 0 aliphatic heterocycles. The molecule has 0 spiro atoms. The first-order chi connectivity index (χ1) is 12.7.